The summed E-state index contributed by atoms with van der Waals surface area (Å²) in [7, 11) is 1.42. The van der Waals surface area contributed by atoms with Crippen LogP contribution in [0.25, 0.3) is 0 Å². The van der Waals surface area contributed by atoms with E-state index in [0.29, 0.717) is 23.9 Å². The quantitative estimate of drug-likeness (QED) is 0.205. The Bertz CT molecular complexity index is 748. The summed E-state index contributed by atoms with van der Waals surface area (Å²) in [4.78, 5) is 38.1. The Hall–Kier alpha value is -2.23. The van der Waals surface area contributed by atoms with E-state index in [4.69, 9.17) is 4.74 Å². The molecule has 0 amide bonds. The molecular formula is C23H30O4. The van der Waals surface area contributed by atoms with Crippen LogP contribution < -0.4 is 0 Å². The van der Waals surface area contributed by atoms with Crippen molar-refractivity contribution in [3.8, 4) is 0 Å². The summed E-state index contributed by atoms with van der Waals surface area (Å²) < 4.78 is 5.43. The van der Waals surface area contributed by atoms with E-state index in [1.807, 2.05) is 19.9 Å². The highest BCUT2D eigenvalue weighted by Gasteiger charge is 2.41. The number of aldehydes is 1. The fourth-order valence-electron chi connectivity index (χ4n) is 4.10. The number of allylic oxidation sites excluding steroid dienone is 6. The van der Waals surface area contributed by atoms with Crippen molar-refractivity contribution in [2.75, 3.05) is 7.11 Å². The first kappa shape index (κ1) is 21.1. The maximum Gasteiger partial charge on any atom is 0.224 e. The average Bonchev–Trinajstić information content (AvgIpc) is 2.63. The molecule has 0 spiro atoms. The van der Waals surface area contributed by atoms with Gasteiger partial charge in [0.25, 0.3) is 0 Å². The lowest BCUT2D eigenvalue weighted by molar-refractivity contribution is -0.120. The third-order valence-electron chi connectivity index (χ3n) is 5.61. The molecule has 2 aliphatic rings. The number of hydrogen-bond acceptors (Lipinski definition) is 4. The average molecular weight is 370 g/mol. The van der Waals surface area contributed by atoms with Crippen LogP contribution in [0, 0.1) is 11.8 Å². The lowest BCUT2D eigenvalue weighted by Gasteiger charge is -2.33. The molecule has 4 heteroatoms. The van der Waals surface area contributed by atoms with Crippen LogP contribution in [0.2, 0.25) is 0 Å². The maximum atomic E-state index is 13.3. The zero-order valence-electron chi connectivity index (χ0n) is 16.9. The van der Waals surface area contributed by atoms with Crippen molar-refractivity contribution in [3.05, 3.63) is 46.3 Å². The number of ketones is 2. The summed E-state index contributed by atoms with van der Waals surface area (Å²) in [5, 5.41) is 0. The Labute approximate surface area is 162 Å². The van der Waals surface area contributed by atoms with Gasteiger partial charge in [-0.15, -0.1) is 0 Å². The van der Waals surface area contributed by atoms with E-state index in [-0.39, 0.29) is 34.7 Å². The number of rotatable bonds is 8. The van der Waals surface area contributed by atoms with Gasteiger partial charge >= 0.3 is 0 Å². The Kier molecular flexibility index (Phi) is 7.11. The number of hydrogen-bond donors (Lipinski definition) is 0. The minimum absolute atomic E-state index is 0.00370. The standard InChI is InChI=1S/C23H30O4/c1-6-7-8-9-17-19(13-24)21(25)20(23(27-5)22(17)26)18-12-15(4)10-11-16(18)14(2)3/h12-13,16,18H,2,6-11H2,1,3-5H3/t16?,18-/m1/s1. The van der Waals surface area contributed by atoms with E-state index >= 15 is 0 Å². The van der Waals surface area contributed by atoms with E-state index in [9.17, 15) is 14.4 Å². The summed E-state index contributed by atoms with van der Waals surface area (Å²) in [6.07, 6.45) is 7.52. The highest BCUT2D eigenvalue weighted by molar-refractivity contribution is 6.31. The lowest BCUT2D eigenvalue weighted by atomic mass is 9.70. The van der Waals surface area contributed by atoms with E-state index in [1.165, 1.54) is 12.7 Å². The number of methoxy groups -OCH3 is 1. The zero-order chi connectivity index (χ0) is 20.1. The summed E-state index contributed by atoms with van der Waals surface area (Å²) in [6.45, 7) is 10.1. The first-order valence-corrected chi connectivity index (χ1v) is 9.75. The Balaban J connectivity index is 2.55. The molecule has 2 atom stereocenters. The number of carbonyl (C=O) groups excluding carboxylic acids is 3. The fraction of sp³-hybridized carbons (Fsp3) is 0.522. The van der Waals surface area contributed by atoms with Gasteiger partial charge in [-0.3, -0.25) is 14.4 Å². The number of unbranched alkanes of at least 4 members (excludes halogenated alkanes) is 2. The van der Waals surface area contributed by atoms with Crippen LogP contribution in [0.4, 0.5) is 0 Å². The van der Waals surface area contributed by atoms with Crippen molar-refractivity contribution in [2.24, 2.45) is 11.8 Å². The lowest BCUT2D eigenvalue weighted by Crippen LogP contribution is -2.33. The number of ether oxygens (including phenoxy) is 1. The van der Waals surface area contributed by atoms with Crippen LogP contribution >= 0.6 is 0 Å². The van der Waals surface area contributed by atoms with E-state index in [2.05, 4.69) is 13.5 Å². The van der Waals surface area contributed by atoms with Crippen LogP contribution in [-0.2, 0) is 19.1 Å². The molecule has 0 saturated heterocycles. The zero-order valence-corrected chi connectivity index (χ0v) is 16.9. The number of carbonyl (C=O) groups is 3. The van der Waals surface area contributed by atoms with Crippen molar-refractivity contribution >= 4 is 17.9 Å². The minimum atomic E-state index is -0.366. The van der Waals surface area contributed by atoms with E-state index in [1.54, 1.807) is 0 Å². The molecular weight excluding hydrogens is 340 g/mol. The molecule has 0 saturated carbocycles. The molecule has 4 nitrogen and oxygen atoms in total. The predicted octanol–water partition coefficient (Wildman–Crippen LogP) is 4.66. The molecule has 2 rings (SSSR count). The molecule has 2 aliphatic carbocycles. The van der Waals surface area contributed by atoms with Gasteiger partial charge in [0.15, 0.2) is 17.8 Å². The summed E-state index contributed by atoms with van der Waals surface area (Å²) in [6, 6.07) is 0. The van der Waals surface area contributed by atoms with Crippen molar-refractivity contribution in [3.63, 3.8) is 0 Å². The van der Waals surface area contributed by atoms with Crippen molar-refractivity contribution in [2.45, 2.75) is 59.3 Å². The third kappa shape index (κ3) is 4.20. The van der Waals surface area contributed by atoms with Crippen LogP contribution in [0.5, 0.6) is 0 Å². The molecule has 1 unspecified atom stereocenters. The van der Waals surface area contributed by atoms with Crippen molar-refractivity contribution in [1.82, 2.24) is 0 Å². The van der Waals surface area contributed by atoms with Gasteiger partial charge < -0.3 is 4.74 Å². The molecule has 0 N–H and O–H groups in total. The maximum absolute atomic E-state index is 13.3. The Morgan fingerprint density at radius 3 is 2.56 bits per heavy atom. The van der Waals surface area contributed by atoms with Gasteiger partial charge in [-0.25, -0.2) is 0 Å². The molecule has 0 bridgehead atoms. The molecule has 0 fully saturated rings. The van der Waals surface area contributed by atoms with Gasteiger partial charge in [0, 0.05) is 11.5 Å². The van der Waals surface area contributed by atoms with Gasteiger partial charge in [0.2, 0.25) is 5.78 Å². The third-order valence-corrected chi connectivity index (χ3v) is 5.61. The van der Waals surface area contributed by atoms with Crippen LogP contribution in [0.15, 0.2) is 46.3 Å². The predicted molar refractivity (Wildman–Crippen MR) is 106 cm³/mol. The topological polar surface area (TPSA) is 60.4 Å². The van der Waals surface area contributed by atoms with Gasteiger partial charge in [0.05, 0.1) is 18.3 Å². The molecule has 146 valence electrons. The smallest absolute Gasteiger partial charge is 0.224 e. The van der Waals surface area contributed by atoms with Gasteiger partial charge in [0.1, 0.15) is 0 Å². The highest BCUT2D eigenvalue weighted by atomic mass is 16.5. The minimum Gasteiger partial charge on any atom is -0.492 e. The van der Waals surface area contributed by atoms with Crippen LogP contribution in [-0.4, -0.2) is 25.0 Å². The van der Waals surface area contributed by atoms with Crippen LogP contribution in [0.1, 0.15) is 59.3 Å². The van der Waals surface area contributed by atoms with E-state index < -0.39 is 0 Å². The second-order valence-corrected chi connectivity index (χ2v) is 7.60. The molecule has 0 aromatic heterocycles. The second kappa shape index (κ2) is 9.12. The van der Waals surface area contributed by atoms with E-state index in [0.717, 1.165) is 37.7 Å². The summed E-state index contributed by atoms with van der Waals surface area (Å²) >= 11 is 0. The summed E-state index contributed by atoms with van der Waals surface area (Å²) in [5.41, 5.74) is 2.76. The second-order valence-electron chi connectivity index (χ2n) is 7.60. The van der Waals surface area contributed by atoms with Gasteiger partial charge in [-0.05, 0) is 45.4 Å². The largest absolute Gasteiger partial charge is 0.492 e. The van der Waals surface area contributed by atoms with Crippen LogP contribution in [0.3, 0.4) is 0 Å². The molecule has 0 aromatic rings. The monoisotopic (exact) mass is 370 g/mol. The first-order valence-electron chi connectivity index (χ1n) is 9.75. The first-order chi connectivity index (χ1) is 12.9. The van der Waals surface area contributed by atoms with Crippen molar-refractivity contribution in [1.29, 1.82) is 0 Å². The Morgan fingerprint density at radius 1 is 1.30 bits per heavy atom. The molecule has 0 heterocycles. The SMILES string of the molecule is C=C(C)C1CCC(C)=C[C@H]1C1=C(OC)C(=O)C(CCCCC)=C(C=O)C1=O. The molecule has 0 aliphatic heterocycles. The number of Topliss-reactive ketones (excluding diaryl/α,β-unsaturated/α-hetero) is 2. The van der Waals surface area contributed by atoms with Gasteiger partial charge in [-0.2, -0.15) is 0 Å². The molecule has 0 aromatic carbocycles. The molecule has 27 heavy (non-hydrogen) atoms. The van der Waals surface area contributed by atoms with Crippen molar-refractivity contribution < 1.29 is 19.1 Å². The highest BCUT2D eigenvalue weighted by Crippen LogP contribution is 2.42. The molecule has 0 radical (unpaired) electrons. The fourth-order valence-corrected chi connectivity index (χ4v) is 4.10. The van der Waals surface area contributed by atoms with Gasteiger partial charge in [-0.1, -0.05) is 43.6 Å². The normalized spacial score (nSPS) is 23.5. The Morgan fingerprint density at radius 2 is 2.00 bits per heavy atom. The summed E-state index contributed by atoms with van der Waals surface area (Å²) in [5.74, 6) is -0.813.